The summed E-state index contributed by atoms with van der Waals surface area (Å²) in [5, 5.41) is 0. The first-order chi connectivity index (χ1) is 15.3. The summed E-state index contributed by atoms with van der Waals surface area (Å²) in [5.74, 6) is -3.56. The van der Waals surface area contributed by atoms with Gasteiger partial charge in [0.25, 0.3) is 0 Å². The largest absolute Gasteiger partial charge is 0.445 e. The molecule has 1 heterocycles. The van der Waals surface area contributed by atoms with E-state index in [1.54, 1.807) is 9.80 Å². The molecule has 0 radical (unpaired) electrons. The third-order valence-corrected chi connectivity index (χ3v) is 5.32. The van der Waals surface area contributed by atoms with Crippen LogP contribution in [0.15, 0.2) is 42.5 Å². The number of amides is 2. The summed E-state index contributed by atoms with van der Waals surface area (Å²) in [6.45, 7) is 1.74. The highest BCUT2D eigenvalue weighted by Crippen LogP contribution is 2.16. The van der Waals surface area contributed by atoms with Crippen LogP contribution in [0.5, 0.6) is 0 Å². The lowest BCUT2D eigenvalue weighted by atomic mass is 10.0. The highest BCUT2D eigenvalue weighted by Gasteiger charge is 2.24. The van der Waals surface area contributed by atoms with Gasteiger partial charge in [-0.3, -0.25) is 4.79 Å². The van der Waals surface area contributed by atoms with E-state index >= 15 is 0 Å². The van der Waals surface area contributed by atoms with Gasteiger partial charge in [-0.25, -0.2) is 18.0 Å². The van der Waals surface area contributed by atoms with E-state index in [1.165, 1.54) is 0 Å². The molecule has 1 aliphatic rings. The first-order valence-electron chi connectivity index (χ1n) is 10.5. The molecule has 2 amide bonds. The van der Waals surface area contributed by atoms with Crippen LogP contribution in [0, 0.1) is 17.5 Å². The highest BCUT2D eigenvalue weighted by molar-refractivity contribution is 5.77. The Labute approximate surface area is 184 Å². The van der Waals surface area contributed by atoms with Crippen molar-refractivity contribution in [3.05, 3.63) is 71.0 Å². The van der Waals surface area contributed by atoms with Crippen molar-refractivity contribution in [3.8, 4) is 0 Å². The lowest BCUT2D eigenvalue weighted by Crippen LogP contribution is -2.40. The first-order valence-corrected chi connectivity index (χ1v) is 10.5. The SMILES string of the molecule is N[C@@H](CC(=O)N1CCCN(C(=O)OCc2ccccc2)CC1)Cc1cc(F)c(F)cc1F. The molecule has 0 aromatic heterocycles. The van der Waals surface area contributed by atoms with E-state index in [2.05, 4.69) is 0 Å². The van der Waals surface area contributed by atoms with Crippen molar-refractivity contribution >= 4 is 12.0 Å². The number of nitrogens with zero attached hydrogens (tertiary/aromatic N) is 2. The zero-order valence-corrected chi connectivity index (χ0v) is 17.6. The number of rotatable bonds is 6. The smallest absolute Gasteiger partial charge is 0.410 e. The fourth-order valence-corrected chi connectivity index (χ4v) is 3.59. The number of carbonyl (C=O) groups is 2. The third kappa shape index (κ3) is 6.46. The zero-order valence-electron chi connectivity index (χ0n) is 17.6. The molecule has 0 spiro atoms. The van der Waals surface area contributed by atoms with E-state index in [0.29, 0.717) is 38.7 Å². The molecule has 0 aliphatic carbocycles. The molecular weight excluding hydrogens is 423 g/mol. The lowest BCUT2D eigenvalue weighted by molar-refractivity contribution is -0.131. The van der Waals surface area contributed by atoms with Gasteiger partial charge >= 0.3 is 6.09 Å². The van der Waals surface area contributed by atoms with Crippen LogP contribution >= 0.6 is 0 Å². The molecule has 0 saturated carbocycles. The topological polar surface area (TPSA) is 75.9 Å². The Kier molecular flexibility index (Phi) is 8.10. The molecule has 172 valence electrons. The van der Waals surface area contributed by atoms with Crippen molar-refractivity contribution < 1.29 is 27.5 Å². The van der Waals surface area contributed by atoms with Crippen molar-refractivity contribution in [2.45, 2.75) is 31.9 Å². The van der Waals surface area contributed by atoms with Crippen molar-refractivity contribution in [3.63, 3.8) is 0 Å². The van der Waals surface area contributed by atoms with E-state index in [9.17, 15) is 22.8 Å². The summed E-state index contributed by atoms with van der Waals surface area (Å²) in [4.78, 5) is 28.1. The van der Waals surface area contributed by atoms with Gasteiger partial charge in [-0.15, -0.1) is 0 Å². The lowest BCUT2D eigenvalue weighted by Gasteiger charge is -2.23. The highest BCUT2D eigenvalue weighted by atomic mass is 19.2. The predicted octanol–water partition coefficient (Wildman–Crippen LogP) is 3.23. The standard InChI is InChI=1S/C23H26F3N3O3/c24-19-14-21(26)20(25)12-17(19)11-18(27)13-22(30)28-7-4-8-29(10-9-28)23(31)32-15-16-5-2-1-3-6-16/h1-3,5-6,12,14,18H,4,7-11,13,15,27H2/t18-/m1/s1. The van der Waals surface area contributed by atoms with E-state index in [4.69, 9.17) is 10.5 Å². The Morgan fingerprint density at radius 2 is 1.59 bits per heavy atom. The van der Waals surface area contributed by atoms with Crippen molar-refractivity contribution in [2.24, 2.45) is 5.73 Å². The number of hydrogen-bond donors (Lipinski definition) is 1. The molecule has 0 unspecified atom stereocenters. The van der Waals surface area contributed by atoms with Crippen LogP contribution in [0.3, 0.4) is 0 Å². The van der Waals surface area contributed by atoms with E-state index in [-0.39, 0.29) is 30.9 Å². The molecule has 1 saturated heterocycles. The summed E-state index contributed by atoms with van der Waals surface area (Å²) in [6.07, 6.45) is -0.0231. The van der Waals surface area contributed by atoms with Gasteiger partial charge in [0.2, 0.25) is 5.91 Å². The molecule has 2 aromatic carbocycles. The van der Waals surface area contributed by atoms with Crippen molar-refractivity contribution in [1.82, 2.24) is 9.80 Å². The summed E-state index contributed by atoms with van der Waals surface area (Å²) >= 11 is 0. The van der Waals surface area contributed by atoms with Gasteiger partial charge in [-0.05, 0) is 30.0 Å². The minimum absolute atomic E-state index is 0.0725. The van der Waals surface area contributed by atoms with Crippen LogP contribution in [0.1, 0.15) is 24.0 Å². The zero-order chi connectivity index (χ0) is 23.1. The Morgan fingerprint density at radius 1 is 0.938 bits per heavy atom. The summed E-state index contributed by atoms with van der Waals surface area (Å²) in [6, 6.07) is 9.83. The molecule has 32 heavy (non-hydrogen) atoms. The maximum atomic E-state index is 13.8. The second-order valence-electron chi connectivity index (χ2n) is 7.79. The minimum Gasteiger partial charge on any atom is -0.445 e. The van der Waals surface area contributed by atoms with Crippen molar-refractivity contribution in [1.29, 1.82) is 0 Å². The number of halogens is 3. The average Bonchev–Trinajstić information content (AvgIpc) is 3.03. The maximum Gasteiger partial charge on any atom is 0.410 e. The fourth-order valence-electron chi connectivity index (χ4n) is 3.59. The molecule has 1 fully saturated rings. The van der Waals surface area contributed by atoms with Crippen molar-refractivity contribution in [2.75, 3.05) is 26.2 Å². The summed E-state index contributed by atoms with van der Waals surface area (Å²) in [5.41, 5.74) is 6.78. The van der Waals surface area contributed by atoms with E-state index in [1.807, 2.05) is 30.3 Å². The first kappa shape index (κ1) is 23.6. The van der Waals surface area contributed by atoms with E-state index < -0.39 is 29.6 Å². The number of carbonyl (C=O) groups excluding carboxylic acids is 2. The maximum absolute atomic E-state index is 13.8. The van der Waals surface area contributed by atoms with Crippen LogP contribution < -0.4 is 5.73 Å². The Morgan fingerprint density at radius 3 is 2.34 bits per heavy atom. The molecule has 1 atom stereocenters. The van der Waals surface area contributed by atoms with Crippen LogP contribution in [0.4, 0.5) is 18.0 Å². The van der Waals surface area contributed by atoms with Gasteiger partial charge in [-0.1, -0.05) is 30.3 Å². The van der Waals surface area contributed by atoms with Gasteiger partial charge in [0.1, 0.15) is 12.4 Å². The minimum atomic E-state index is -1.27. The molecular formula is C23H26F3N3O3. The molecule has 3 rings (SSSR count). The van der Waals surface area contributed by atoms with Gasteiger partial charge in [0, 0.05) is 44.7 Å². The summed E-state index contributed by atoms with van der Waals surface area (Å²) in [7, 11) is 0. The second kappa shape index (κ2) is 11.0. The molecule has 2 N–H and O–H groups in total. The molecule has 9 heteroatoms. The number of hydrogen-bond acceptors (Lipinski definition) is 4. The van der Waals surface area contributed by atoms with Gasteiger partial charge in [0.05, 0.1) is 0 Å². The number of nitrogens with two attached hydrogens (primary N) is 1. The average molecular weight is 449 g/mol. The van der Waals surface area contributed by atoms with Crippen LogP contribution in [-0.2, 0) is 22.6 Å². The predicted molar refractivity (Wildman–Crippen MR) is 112 cm³/mol. The Hall–Kier alpha value is -3.07. The number of benzene rings is 2. The molecule has 0 bridgehead atoms. The molecule has 2 aromatic rings. The fraction of sp³-hybridized carbons (Fsp3) is 0.391. The van der Waals surface area contributed by atoms with E-state index in [0.717, 1.165) is 11.6 Å². The molecule has 1 aliphatic heterocycles. The monoisotopic (exact) mass is 449 g/mol. The van der Waals surface area contributed by atoms with Gasteiger partial charge in [0.15, 0.2) is 11.6 Å². The second-order valence-corrected chi connectivity index (χ2v) is 7.79. The summed E-state index contributed by atoms with van der Waals surface area (Å²) < 4.78 is 45.6. The Balaban J connectivity index is 1.47. The van der Waals surface area contributed by atoms with Gasteiger partial charge in [-0.2, -0.15) is 0 Å². The molecule has 6 nitrogen and oxygen atoms in total. The van der Waals surface area contributed by atoms with Crippen LogP contribution in [0.25, 0.3) is 0 Å². The third-order valence-electron chi connectivity index (χ3n) is 5.32. The van der Waals surface area contributed by atoms with Gasteiger partial charge < -0.3 is 20.3 Å². The van der Waals surface area contributed by atoms with Crippen LogP contribution in [0.2, 0.25) is 0 Å². The quantitative estimate of drug-likeness (QED) is 0.687. The van der Waals surface area contributed by atoms with Crippen LogP contribution in [-0.4, -0.2) is 54.0 Å². The number of ether oxygens (including phenoxy) is 1. The Bertz CT molecular complexity index is 943. The normalized spacial score (nSPS) is 15.2.